The molecule has 0 amide bonds. The Bertz CT molecular complexity index is 469. The van der Waals surface area contributed by atoms with E-state index in [0.717, 1.165) is 0 Å². The lowest BCUT2D eigenvalue weighted by molar-refractivity contribution is 0.581. The molecule has 0 heterocycles. The summed E-state index contributed by atoms with van der Waals surface area (Å²) in [5.41, 5.74) is 5.78. The Morgan fingerprint density at radius 2 is 2.00 bits per heavy atom. The van der Waals surface area contributed by atoms with Crippen molar-refractivity contribution in [3.8, 4) is 0 Å². The second kappa shape index (κ2) is 4.82. The lowest BCUT2D eigenvalue weighted by atomic mass is 10.2. The van der Waals surface area contributed by atoms with E-state index < -0.39 is 15.7 Å². The molecule has 0 fully saturated rings. The van der Waals surface area contributed by atoms with Gasteiger partial charge in [-0.1, -0.05) is 19.9 Å². The van der Waals surface area contributed by atoms with Gasteiger partial charge in [-0.25, -0.2) is 12.8 Å². The summed E-state index contributed by atoms with van der Waals surface area (Å²) < 4.78 is 36.4. The minimum absolute atomic E-state index is 0.0324. The number of nitrogens with two attached hydrogens (primary N) is 1. The molecule has 0 aromatic heterocycles. The highest BCUT2D eigenvalue weighted by Crippen LogP contribution is 2.15. The van der Waals surface area contributed by atoms with E-state index in [1.807, 2.05) is 13.8 Å². The van der Waals surface area contributed by atoms with E-state index in [0.29, 0.717) is 5.56 Å². The molecular formula is C11H16FNO2S. The SMILES string of the molecule is CC(C)CS(=O)(=O)Cc1ccc(N)c(F)c1. The van der Waals surface area contributed by atoms with Gasteiger partial charge in [-0.3, -0.25) is 0 Å². The maximum atomic E-state index is 13.1. The second-order valence-corrected chi connectivity index (χ2v) is 6.41. The van der Waals surface area contributed by atoms with Crippen LogP contribution in [0.3, 0.4) is 0 Å². The Morgan fingerprint density at radius 3 is 2.50 bits per heavy atom. The van der Waals surface area contributed by atoms with Crippen LogP contribution in [-0.2, 0) is 15.6 Å². The first-order valence-corrected chi connectivity index (χ1v) is 6.86. The number of nitrogen functional groups attached to an aromatic ring is 1. The third-order valence-electron chi connectivity index (χ3n) is 2.04. The molecule has 0 radical (unpaired) electrons. The Balaban J connectivity index is 2.84. The van der Waals surface area contributed by atoms with Crippen LogP contribution in [0.1, 0.15) is 19.4 Å². The number of hydrogen-bond acceptors (Lipinski definition) is 3. The standard InChI is InChI=1S/C11H16FNO2S/c1-8(2)6-16(14,15)7-9-3-4-11(13)10(12)5-9/h3-5,8H,6-7,13H2,1-2H3. The van der Waals surface area contributed by atoms with Crippen LogP contribution in [0.25, 0.3) is 0 Å². The normalized spacial score (nSPS) is 12.0. The van der Waals surface area contributed by atoms with Crippen LogP contribution in [-0.4, -0.2) is 14.2 Å². The summed E-state index contributed by atoms with van der Waals surface area (Å²) in [5, 5.41) is 0. The van der Waals surface area contributed by atoms with Gasteiger partial charge in [0.25, 0.3) is 0 Å². The fourth-order valence-corrected chi connectivity index (χ4v) is 3.30. The first-order chi connectivity index (χ1) is 7.30. The largest absolute Gasteiger partial charge is 0.396 e. The van der Waals surface area contributed by atoms with Crippen LogP contribution in [0.5, 0.6) is 0 Å². The van der Waals surface area contributed by atoms with Gasteiger partial charge in [0.05, 0.1) is 17.2 Å². The molecule has 3 nitrogen and oxygen atoms in total. The van der Waals surface area contributed by atoms with Crippen LogP contribution < -0.4 is 5.73 Å². The maximum Gasteiger partial charge on any atom is 0.154 e. The number of hydrogen-bond donors (Lipinski definition) is 1. The molecule has 0 saturated heterocycles. The third-order valence-corrected chi connectivity index (χ3v) is 3.99. The first-order valence-electron chi connectivity index (χ1n) is 5.04. The van der Waals surface area contributed by atoms with Gasteiger partial charge in [0, 0.05) is 0 Å². The van der Waals surface area contributed by atoms with E-state index in [1.54, 1.807) is 0 Å². The van der Waals surface area contributed by atoms with Crippen molar-refractivity contribution >= 4 is 15.5 Å². The summed E-state index contributed by atoms with van der Waals surface area (Å²) >= 11 is 0. The van der Waals surface area contributed by atoms with Crippen LogP contribution in [0.2, 0.25) is 0 Å². The number of rotatable bonds is 4. The van der Waals surface area contributed by atoms with Gasteiger partial charge in [0.15, 0.2) is 9.84 Å². The summed E-state index contributed by atoms with van der Waals surface area (Å²) in [5.74, 6) is -0.526. The maximum absolute atomic E-state index is 13.1. The molecule has 2 N–H and O–H groups in total. The van der Waals surface area contributed by atoms with Crippen molar-refractivity contribution < 1.29 is 12.8 Å². The molecular weight excluding hydrogens is 229 g/mol. The molecule has 0 bridgehead atoms. The van der Waals surface area contributed by atoms with Crippen molar-refractivity contribution in [2.75, 3.05) is 11.5 Å². The Morgan fingerprint density at radius 1 is 1.38 bits per heavy atom. The van der Waals surface area contributed by atoms with E-state index in [-0.39, 0.29) is 23.1 Å². The monoisotopic (exact) mass is 245 g/mol. The van der Waals surface area contributed by atoms with Gasteiger partial charge in [-0.05, 0) is 23.6 Å². The van der Waals surface area contributed by atoms with Crippen molar-refractivity contribution in [1.82, 2.24) is 0 Å². The van der Waals surface area contributed by atoms with Crippen molar-refractivity contribution in [3.63, 3.8) is 0 Å². The molecule has 1 aromatic rings. The van der Waals surface area contributed by atoms with Gasteiger partial charge in [-0.15, -0.1) is 0 Å². The number of benzene rings is 1. The minimum atomic E-state index is -3.17. The Hall–Kier alpha value is -1.10. The predicted octanol–water partition coefficient (Wildman–Crippen LogP) is 1.98. The number of halogens is 1. The predicted molar refractivity (Wildman–Crippen MR) is 63.1 cm³/mol. The van der Waals surface area contributed by atoms with Crippen molar-refractivity contribution in [1.29, 1.82) is 0 Å². The average molecular weight is 245 g/mol. The molecule has 1 aromatic carbocycles. The van der Waals surface area contributed by atoms with Crippen LogP contribution >= 0.6 is 0 Å². The van der Waals surface area contributed by atoms with Crippen LogP contribution in [0.4, 0.5) is 10.1 Å². The van der Waals surface area contributed by atoms with E-state index >= 15 is 0 Å². The quantitative estimate of drug-likeness (QED) is 0.825. The smallest absolute Gasteiger partial charge is 0.154 e. The van der Waals surface area contributed by atoms with Gasteiger partial charge in [0.1, 0.15) is 5.82 Å². The first kappa shape index (κ1) is 13.0. The topological polar surface area (TPSA) is 60.2 Å². The second-order valence-electron chi connectivity index (χ2n) is 4.30. The average Bonchev–Trinajstić information content (AvgIpc) is 2.08. The van der Waals surface area contributed by atoms with Gasteiger partial charge in [-0.2, -0.15) is 0 Å². The van der Waals surface area contributed by atoms with E-state index in [2.05, 4.69) is 0 Å². The molecule has 5 heteroatoms. The molecule has 90 valence electrons. The Labute approximate surface area is 95.4 Å². The van der Waals surface area contributed by atoms with E-state index in [1.165, 1.54) is 18.2 Å². The zero-order valence-corrected chi connectivity index (χ0v) is 10.2. The Kier molecular flexibility index (Phi) is 3.91. The summed E-state index contributed by atoms with van der Waals surface area (Å²) in [6, 6.07) is 4.10. The van der Waals surface area contributed by atoms with Crippen LogP contribution in [0.15, 0.2) is 18.2 Å². The van der Waals surface area contributed by atoms with Crippen molar-refractivity contribution in [2.24, 2.45) is 5.92 Å². The zero-order valence-electron chi connectivity index (χ0n) is 9.40. The molecule has 16 heavy (non-hydrogen) atoms. The highest BCUT2D eigenvalue weighted by atomic mass is 32.2. The highest BCUT2D eigenvalue weighted by Gasteiger charge is 2.14. The van der Waals surface area contributed by atoms with Gasteiger partial charge >= 0.3 is 0 Å². The minimum Gasteiger partial charge on any atom is -0.396 e. The van der Waals surface area contributed by atoms with Crippen molar-refractivity contribution in [2.45, 2.75) is 19.6 Å². The summed E-state index contributed by atoms with van der Waals surface area (Å²) in [6.07, 6.45) is 0. The molecule has 0 spiro atoms. The molecule has 0 unspecified atom stereocenters. The lowest BCUT2D eigenvalue weighted by Gasteiger charge is -2.07. The summed E-state index contributed by atoms with van der Waals surface area (Å²) in [7, 11) is -3.17. The van der Waals surface area contributed by atoms with Crippen LogP contribution in [0, 0.1) is 11.7 Å². The fourth-order valence-electron chi connectivity index (χ4n) is 1.48. The molecule has 0 saturated carbocycles. The molecule has 1 rings (SSSR count). The highest BCUT2D eigenvalue weighted by molar-refractivity contribution is 7.90. The zero-order chi connectivity index (χ0) is 12.3. The van der Waals surface area contributed by atoms with E-state index in [4.69, 9.17) is 5.73 Å². The molecule has 0 aliphatic heterocycles. The van der Waals surface area contributed by atoms with Gasteiger partial charge < -0.3 is 5.73 Å². The molecule has 0 aliphatic carbocycles. The number of anilines is 1. The number of sulfone groups is 1. The fraction of sp³-hybridized carbons (Fsp3) is 0.455. The third kappa shape index (κ3) is 3.81. The summed E-state index contributed by atoms with van der Waals surface area (Å²) in [6.45, 7) is 3.67. The van der Waals surface area contributed by atoms with E-state index in [9.17, 15) is 12.8 Å². The lowest BCUT2D eigenvalue weighted by Crippen LogP contribution is -2.14. The van der Waals surface area contributed by atoms with Gasteiger partial charge in [0.2, 0.25) is 0 Å². The summed E-state index contributed by atoms with van der Waals surface area (Å²) in [4.78, 5) is 0. The van der Waals surface area contributed by atoms with Crippen molar-refractivity contribution in [3.05, 3.63) is 29.6 Å². The molecule has 0 atom stereocenters. The molecule has 0 aliphatic rings.